The van der Waals surface area contributed by atoms with Gasteiger partial charge < -0.3 is 20.1 Å². The molecular formula is C15H20N2O4. The second kappa shape index (κ2) is 7.08. The Labute approximate surface area is 123 Å². The minimum absolute atomic E-state index is 0.155. The van der Waals surface area contributed by atoms with Gasteiger partial charge in [0.2, 0.25) is 0 Å². The van der Waals surface area contributed by atoms with E-state index in [-0.39, 0.29) is 12.6 Å². The average Bonchev–Trinajstić information content (AvgIpc) is 2.55. The quantitative estimate of drug-likeness (QED) is 0.831. The van der Waals surface area contributed by atoms with Crippen LogP contribution < -0.4 is 5.32 Å². The Morgan fingerprint density at radius 1 is 1.29 bits per heavy atom. The van der Waals surface area contributed by atoms with E-state index < -0.39 is 5.97 Å². The molecule has 1 aromatic carbocycles. The van der Waals surface area contributed by atoms with Gasteiger partial charge in [-0.25, -0.2) is 9.59 Å². The van der Waals surface area contributed by atoms with Gasteiger partial charge in [0.1, 0.15) is 0 Å². The number of rotatable bonds is 3. The van der Waals surface area contributed by atoms with E-state index in [1.54, 1.807) is 29.2 Å². The molecule has 2 N–H and O–H groups in total. The summed E-state index contributed by atoms with van der Waals surface area (Å²) in [7, 11) is 1.33. The molecule has 2 rings (SSSR count). The fourth-order valence-electron chi connectivity index (χ4n) is 2.33. The van der Waals surface area contributed by atoms with Crippen LogP contribution in [-0.2, 0) is 4.74 Å². The van der Waals surface area contributed by atoms with Crippen LogP contribution in [0.4, 0.5) is 10.5 Å². The second-order valence-corrected chi connectivity index (χ2v) is 5.11. The van der Waals surface area contributed by atoms with E-state index in [2.05, 4.69) is 10.1 Å². The van der Waals surface area contributed by atoms with E-state index in [1.807, 2.05) is 0 Å². The number of hydrogen-bond acceptors (Lipinski definition) is 4. The molecule has 0 aromatic heterocycles. The maximum atomic E-state index is 12.1. The highest BCUT2D eigenvalue weighted by atomic mass is 16.5. The van der Waals surface area contributed by atoms with Crippen molar-refractivity contribution in [2.75, 3.05) is 32.1 Å². The second-order valence-electron chi connectivity index (χ2n) is 5.11. The van der Waals surface area contributed by atoms with Gasteiger partial charge in [0.05, 0.1) is 12.7 Å². The maximum Gasteiger partial charge on any atom is 0.337 e. The first-order valence-electron chi connectivity index (χ1n) is 6.99. The molecule has 0 spiro atoms. The Balaban J connectivity index is 1.89. The van der Waals surface area contributed by atoms with Gasteiger partial charge in [0, 0.05) is 25.4 Å². The Morgan fingerprint density at radius 2 is 1.90 bits per heavy atom. The summed E-state index contributed by atoms with van der Waals surface area (Å²) < 4.78 is 4.62. The van der Waals surface area contributed by atoms with E-state index in [4.69, 9.17) is 5.11 Å². The number of amides is 2. The molecule has 1 saturated heterocycles. The van der Waals surface area contributed by atoms with Gasteiger partial charge in [0.25, 0.3) is 0 Å². The molecule has 1 aromatic rings. The van der Waals surface area contributed by atoms with Crippen molar-refractivity contribution in [2.45, 2.75) is 12.8 Å². The van der Waals surface area contributed by atoms with Gasteiger partial charge in [-0.15, -0.1) is 0 Å². The largest absolute Gasteiger partial charge is 0.465 e. The van der Waals surface area contributed by atoms with Crippen LogP contribution in [0.15, 0.2) is 24.3 Å². The third kappa shape index (κ3) is 3.95. The predicted octanol–water partition coefficient (Wildman–Crippen LogP) is 1.71. The van der Waals surface area contributed by atoms with Crippen LogP contribution in [0.25, 0.3) is 0 Å². The molecule has 1 heterocycles. The van der Waals surface area contributed by atoms with Gasteiger partial charge >= 0.3 is 12.0 Å². The molecule has 6 nitrogen and oxygen atoms in total. The summed E-state index contributed by atoms with van der Waals surface area (Å²) in [6.45, 7) is 1.49. The summed E-state index contributed by atoms with van der Waals surface area (Å²) in [6.07, 6.45) is 1.65. The van der Waals surface area contributed by atoms with Crippen molar-refractivity contribution in [1.82, 2.24) is 4.90 Å². The molecule has 0 bridgehead atoms. The van der Waals surface area contributed by atoms with E-state index >= 15 is 0 Å². The highest BCUT2D eigenvalue weighted by molar-refractivity contribution is 5.92. The summed E-state index contributed by atoms with van der Waals surface area (Å²) in [5.74, 6) is -0.104. The molecule has 1 fully saturated rings. The number of nitrogens with one attached hydrogen (secondary N) is 1. The molecule has 0 saturated carbocycles. The molecule has 1 aliphatic heterocycles. The number of benzene rings is 1. The van der Waals surface area contributed by atoms with Crippen LogP contribution >= 0.6 is 0 Å². The molecule has 0 atom stereocenters. The number of carbonyl (C=O) groups is 2. The lowest BCUT2D eigenvalue weighted by Gasteiger charge is -2.31. The molecular weight excluding hydrogens is 272 g/mol. The van der Waals surface area contributed by atoms with Crippen LogP contribution in [0.3, 0.4) is 0 Å². The molecule has 114 valence electrons. The van der Waals surface area contributed by atoms with E-state index in [9.17, 15) is 9.59 Å². The fraction of sp³-hybridized carbons (Fsp3) is 0.467. The average molecular weight is 292 g/mol. The van der Waals surface area contributed by atoms with Crippen molar-refractivity contribution >= 4 is 17.7 Å². The normalized spacial score (nSPS) is 15.6. The number of anilines is 1. The molecule has 1 aliphatic rings. The van der Waals surface area contributed by atoms with E-state index in [0.29, 0.717) is 30.3 Å². The van der Waals surface area contributed by atoms with Crippen molar-refractivity contribution < 1.29 is 19.4 Å². The number of hydrogen-bond donors (Lipinski definition) is 2. The summed E-state index contributed by atoms with van der Waals surface area (Å²) in [4.78, 5) is 25.1. The molecule has 0 unspecified atom stereocenters. The number of esters is 1. The first-order valence-corrected chi connectivity index (χ1v) is 6.99. The summed E-state index contributed by atoms with van der Waals surface area (Å²) in [5, 5.41) is 11.9. The Hall–Kier alpha value is -2.08. The monoisotopic (exact) mass is 292 g/mol. The van der Waals surface area contributed by atoms with Crippen molar-refractivity contribution in [2.24, 2.45) is 5.92 Å². The minimum atomic E-state index is -0.404. The SMILES string of the molecule is COC(=O)c1ccc(NC(=O)N2CCC(CO)CC2)cc1. The smallest absolute Gasteiger partial charge is 0.337 e. The number of piperidine rings is 1. The number of likely N-dealkylation sites (tertiary alicyclic amines) is 1. The minimum Gasteiger partial charge on any atom is -0.465 e. The standard InChI is InChI=1S/C15H20N2O4/c1-21-14(19)12-2-4-13(5-3-12)16-15(20)17-8-6-11(10-18)7-9-17/h2-5,11,18H,6-10H2,1H3,(H,16,20). The number of ether oxygens (including phenoxy) is 1. The van der Waals surface area contributed by atoms with Gasteiger partial charge in [-0.05, 0) is 43.0 Å². The number of carbonyl (C=O) groups excluding carboxylic acids is 2. The Kier molecular flexibility index (Phi) is 5.16. The van der Waals surface area contributed by atoms with Gasteiger partial charge in [0.15, 0.2) is 0 Å². The van der Waals surface area contributed by atoms with Crippen LogP contribution in [0, 0.1) is 5.92 Å². The van der Waals surface area contributed by atoms with Crippen LogP contribution in [-0.4, -0.2) is 48.8 Å². The lowest BCUT2D eigenvalue weighted by Crippen LogP contribution is -2.41. The number of aliphatic hydroxyl groups is 1. The zero-order valence-electron chi connectivity index (χ0n) is 12.0. The summed E-state index contributed by atoms with van der Waals surface area (Å²) in [6, 6.07) is 6.41. The predicted molar refractivity (Wildman–Crippen MR) is 78.2 cm³/mol. The Morgan fingerprint density at radius 3 is 2.43 bits per heavy atom. The Bertz CT molecular complexity index is 493. The van der Waals surface area contributed by atoms with Crippen LogP contribution in [0.5, 0.6) is 0 Å². The maximum absolute atomic E-state index is 12.1. The number of nitrogens with zero attached hydrogens (tertiary/aromatic N) is 1. The highest BCUT2D eigenvalue weighted by Crippen LogP contribution is 2.18. The highest BCUT2D eigenvalue weighted by Gasteiger charge is 2.22. The lowest BCUT2D eigenvalue weighted by molar-refractivity contribution is 0.0600. The number of aliphatic hydroxyl groups excluding tert-OH is 1. The third-order valence-corrected chi connectivity index (χ3v) is 3.72. The molecule has 6 heteroatoms. The van der Waals surface area contributed by atoms with Gasteiger partial charge in [-0.2, -0.15) is 0 Å². The first-order chi connectivity index (χ1) is 10.1. The lowest BCUT2D eigenvalue weighted by atomic mass is 9.98. The third-order valence-electron chi connectivity index (χ3n) is 3.72. The zero-order valence-corrected chi connectivity index (χ0v) is 12.0. The summed E-state index contributed by atoms with van der Waals surface area (Å²) in [5.41, 5.74) is 1.08. The topological polar surface area (TPSA) is 78.9 Å². The number of methoxy groups -OCH3 is 1. The molecule has 2 amide bonds. The van der Waals surface area contributed by atoms with Crippen molar-refractivity contribution in [1.29, 1.82) is 0 Å². The first kappa shape index (κ1) is 15.3. The molecule has 0 radical (unpaired) electrons. The molecule has 0 aliphatic carbocycles. The van der Waals surface area contributed by atoms with Crippen molar-refractivity contribution in [3.63, 3.8) is 0 Å². The fourth-order valence-corrected chi connectivity index (χ4v) is 2.33. The van der Waals surface area contributed by atoms with Gasteiger partial charge in [-0.3, -0.25) is 0 Å². The van der Waals surface area contributed by atoms with Gasteiger partial charge in [-0.1, -0.05) is 0 Å². The molecule has 21 heavy (non-hydrogen) atoms. The van der Waals surface area contributed by atoms with Crippen molar-refractivity contribution in [3.8, 4) is 0 Å². The van der Waals surface area contributed by atoms with E-state index in [0.717, 1.165) is 12.8 Å². The van der Waals surface area contributed by atoms with Crippen LogP contribution in [0.1, 0.15) is 23.2 Å². The van der Waals surface area contributed by atoms with Crippen molar-refractivity contribution in [3.05, 3.63) is 29.8 Å². The van der Waals surface area contributed by atoms with E-state index in [1.165, 1.54) is 7.11 Å². The number of urea groups is 1. The zero-order chi connectivity index (χ0) is 15.2. The van der Waals surface area contributed by atoms with Crippen LogP contribution in [0.2, 0.25) is 0 Å². The summed E-state index contributed by atoms with van der Waals surface area (Å²) >= 11 is 0.